The van der Waals surface area contributed by atoms with Gasteiger partial charge >= 0.3 is 0 Å². The van der Waals surface area contributed by atoms with E-state index < -0.39 is 17.3 Å². The average molecular weight is 463 g/mol. The molecule has 3 atom stereocenters. The molecular formula is C31H26O4. The van der Waals surface area contributed by atoms with E-state index in [1.165, 1.54) is 13.2 Å². The van der Waals surface area contributed by atoms with E-state index in [9.17, 15) is 14.7 Å². The van der Waals surface area contributed by atoms with Gasteiger partial charge in [-0.1, -0.05) is 85.5 Å². The Morgan fingerprint density at radius 3 is 2.34 bits per heavy atom. The number of aromatic hydroxyl groups is 1. The Kier molecular flexibility index (Phi) is 5.73. The van der Waals surface area contributed by atoms with E-state index in [1.54, 1.807) is 24.3 Å². The third-order valence-electron chi connectivity index (χ3n) is 7.30. The van der Waals surface area contributed by atoms with Crippen LogP contribution in [-0.2, 0) is 15.0 Å². The average Bonchev–Trinajstić information content (AvgIpc) is 2.91. The quantitative estimate of drug-likeness (QED) is 0.521. The van der Waals surface area contributed by atoms with E-state index in [-0.39, 0.29) is 17.3 Å². The summed E-state index contributed by atoms with van der Waals surface area (Å²) in [6.07, 6.45) is 5.73. The van der Waals surface area contributed by atoms with Gasteiger partial charge in [-0.3, -0.25) is 9.59 Å². The molecule has 0 saturated carbocycles. The molecule has 174 valence electrons. The Bertz CT molecular complexity index is 1370. The van der Waals surface area contributed by atoms with Crippen molar-refractivity contribution in [1.82, 2.24) is 0 Å². The third kappa shape index (κ3) is 3.45. The lowest BCUT2D eigenvalue weighted by Crippen LogP contribution is -2.54. The number of phenols is 1. The van der Waals surface area contributed by atoms with Gasteiger partial charge < -0.3 is 9.84 Å². The molecular weight excluding hydrogens is 436 g/mol. The number of benzene rings is 3. The fourth-order valence-electron chi connectivity index (χ4n) is 5.76. The first-order valence-electron chi connectivity index (χ1n) is 11.6. The van der Waals surface area contributed by atoms with Crippen molar-refractivity contribution in [2.75, 3.05) is 7.11 Å². The van der Waals surface area contributed by atoms with Gasteiger partial charge in [-0.05, 0) is 46.9 Å². The number of rotatable bonds is 5. The molecule has 0 bridgehead atoms. The highest BCUT2D eigenvalue weighted by Crippen LogP contribution is 2.57. The number of hydrogen-bond acceptors (Lipinski definition) is 4. The van der Waals surface area contributed by atoms with E-state index in [0.717, 1.165) is 22.3 Å². The minimum Gasteiger partial charge on any atom is -0.504 e. The Labute approximate surface area is 204 Å². The van der Waals surface area contributed by atoms with Gasteiger partial charge in [0.05, 0.1) is 12.5 Å². The molecule has 0 aromatic heterocycles. The Hall–Kier alpha value is -4.18. The van der Waals surface area contributed by atoms with Gasteiger partial charge in [0.15, 0.2) is 23.1 Å². The van der Waals surface area contributed by atoms with Gasteiger partial charge in [0, 0.05) is 17.4 Å². The van der Waals surface area contributed by atoms with Gasteiger partial charge in [-0.2, -0.15) is 0 Å². The van der Waals surface area contributed by atoms with Gasteiger partial charge in [-0.25, -0.2) is 0 Å². The molecule has 0 amide bonds. The zero-order valence-corrected chi connectivity index (χ0v) is 19.5. The van der Waals surface area contributed by atoms with Crippen LogP contribution in [0.15, 0.2) is 109 Å². The maximum Gasteiger partial charge on any atom is 0.168 e. The number of ether oxygens (including phenoxy) is 1. The summed E-state index contributed by atoms with van der Waals surface area (Å²) < 4.78 is 5.38. The summed E-state index contributed by atoms with van der Waals surface area (Å²) in [5.74, 6) is -0.914. The third-order valence-corrected chi connectivity index (χ3v) is 7.30. The summed E-state index contributed by atoms with van der Waals surface area (Å²) in [5.41, 5.74) is 2.47. The first kappa shape index (κ1) is 22.6. The molecule has 3 unspecified atom stereocenters. The molecule has 4 heteroatoms. The molecule has 4 nitrogen and oxygen atoms in total. The van der Waals surface area contributed by atoms with Crippen LogP contribution in [-0.4, -0.2) is 23.8 Å². The fourth-order valence-corrected chi connectivity index (χ4v) is 5.76. The van der Waals surface area contributed by atoms with Crippen molar-refractivity contribution in [3.63, 3.8) is 0 Å². The number of carbonyl (C=O) groups is 2. The van der Waals surface area contributed by atoms with Gasteiger partial charge in [0.2, 0.25) is 0 Å². The van der Waals surface area contributed by atoms with Crippen LogP contribution >= 0.6 is 0 Å². The topological polar surface area (TPSA) is 63.6 Å². The van der Waals surface area contributed by atoms with Crippen molar-refractivity contribution in [3.8, 4) is 11.5 Å². The second-order valence-corrected chi connectivity index (χ2v) is 8.95. The molecule has 0 fully saturated rings. The molecule has 5 rings (SSSR count). The minimum absolute atomic E-state index is 0.0128. The second-order valence-electron chi connectivity index (χ2n) is 8.95. The van der Waals surface area contributed by atoms with Crippen molar-refractivity contribution >= 4 is 17.1 Å². The molecule has 35 heavy (non-hydrogen) atoms. The SMILES string of the molecule is C=CC1=CCC2C(=O)C(c3ccccc3)=CC(=O)C2(c2ccccc2)C1c1ccc(O)c(OC)c1. The number of Topliss-reactive ketones (excluding diaryl/α,β-unsaturated/α-hetero) is 1. The highest BCUT2D eigenvalue weighted by Gasteiger charge is 2.59. The summed E-state index contributed by atoms with van der Waals surface area (Å²) >= 11 is 0. The van der Waals surface area contributed by atoms with Crippen LogP contribution in [0.25, 0.3) is 5.57 Å². The van der Waals surface area contributed by atoms with Crippen LogP contribution < -0.4 is 4.74 Å². The number of fused-ring (bicyclic) bond motifs is 1. The minimum atomic E-state index is -1.16. The van der Waals surface area contributed by atoms with Gasteiger partial charge in [-0.15, -0.1) is 0 Å². The van der Waals surface area contributed by atoms with Crippen molar-refractivity contribution in [2.45, 2.75) is 17.8 Å². The lowest BCUT2D eigenvalue weighted by atomic mass is 9.50. The van der Waals surface area contributed by atoms with Crippen LogP contribution in [0.2, 0.25) is 0 Å². The molecule has 0 radical (unpaired) electrons. The molecule has 1 N–H and O–H groups in total. The predicted molar refractivity (Wildman–Crippen MR) is 136 cm³/mol. The van der Waals surface area contributed by atoms with Crippen molar-refractivity contribution in [2.24, 2.45) is 5.92 Å². The summed E-state index contributed by atoms with van der Waals surface area (Å²) in [6.45, 7) is 4.03. The zero-order chi connectivity index (χ0) is 24.6. The van der Waals surface area contributed by atoms with Crippen LogP contribution in [0.1, 0.15) is 29.0 Å². The standard InChI is InChI=1S/C31H26O4/c1-3-20-14-16-25-30(34)24(21-10-6-4-7-11-21)19-28(33)31(25,23-12-8-5-9-13-23)29(20)22-15-17-26(32)27(18-22)35-2/h3-15,17-19,25,29,32H,1,16H2,2H3. The van der Waals surface area contributed by atoms with Gasteiger partial charge in [0.1, 0.15) is 0 Å². The van der Waals surface area contributed by atoms with E-state index in [4.69, 9.17) is 4.74 Å². The number of allylic oxidation sites excluding steroid dienone is 5. The molecule has 0 spiro atoms. The summed E-state index contributed by atoms with van der Waals surface area (Å²) in [6, 6.07) is 24.0. The molecule has 0 heterocycles. The van der Waals surface area contributed by atoms with E-state index in [2.05, 4.69) is 6.58 Å². The smallest absolute Gasteiger partial charge is 0.168 e. The monoisotopic (exact) mass is 462 g/mol. The van der Waals surface area contributed by atoms with Crippen molar-refractivity contribution in [3.05, 3.63) is 126 Å². The van der Waals surface area contributed by atoms with E-state index in [0.29, 0.717) is 17.7 Å². The molecule has 3 aromatic carbocycles. The first-order chi connectivity index (χ1) is 17.0. The Balaban J connectivity index is 1.81. The van der Waals surface area contributed by atoms with Crippen molar-refractivity contribution in [1.29, 1.82) is 0 Å². The fraction of sp³-hybridized carbons (Fsp3) is 0.161. The summed E-state index contributed by atoms with van der Waals surface area (Å²) in [5, 5.41) is 10.2. The number of ketones is 2. The summed E-state index contributed by atoms with van der Waals surface area (Å²) in [4.78, 5) is 28.5. The molecule has 0 saturated heterocycles. The lowest BCUT2D eigenvalue weighted by molar-refractivity contribution is -0.131. The normalized spacial score (nSPS) is 23.7. The molecule has 2 aliphatic carbocycles. The van der Waals surface area contributed by atoms with Crippen LogP contribution in [0.5, 0.6) is 11.5 Å². The molecule has 2 aliphatic rings. The number of hydrogen-bond donors (Lipinski definition) is 1. The highest BCUT2D eigenvalue weighted by molar-refractivity contribution is 6.31. The number of phenolic OH excluding ortho intramolecular Hbond substituents is 1. The zero-order valence-electron chi connectivity index (χ0n) is 19.5. The Morgan fingerprint density at radius 2 is 1.69 bits per heavy atom. The van der Waals surface area contributed by atoms with E-state index in [1.807, 2.05) is 66.7 Å². The molecule has 0 aliphatic heterocycles. The van der Waals surface area contributed by atoms with Crippen LogP contribution in [0.4, 0.5) is 0 Å². The second kappa shape index (κ2) is 8.88. The largest absolute Gasteiger partial charge is 0.504 e. The van der Waals surface area contributed by atoms with Crippen LogP contribution in [0, 0.1) is 5.92 Å². The first-order valence-corrected chi connectivity index (χ1v) is 11.6. The lowest BCUT2D eigenvalue weighted by Gasteiger charge is -2.49. The predicted octanol–water partition coefficient (Wildman–Crippen LogP) is 5.79. The summed E-state index contributed by atoms with van der Waals surface area (Å²) in [7, 11) is 1.49. The Morgan fingerprint density at radius 1 is 1.00 bits per heavy atom. The number of carbonyl (C=O) groups excluding carboxylic acids is 2. The maximum absolute atomic E-state index is 14.4. The molecule has 3 aromatic rings. The van der Waals surface area contributed by atoms with Gasteiger partial charge in [0.25, 0.3) is 0 Å². The maximum atomic E-state index is 14.4. The van der Waals surface area contributed by atoms with Crippen molar-refractivity contribution < 1.29 is 19.4 Å². The highest BCUT2D eigenvalue weighted by atomic mass is 16.5. The van der Waals surface area contributed by atoms with Crippen LogP contribution in [0.3, 0.4) is 0 Å². The van der Waals surface area contributed by atoms with E-state index >= 15 is 0 Å². The number of methoxy groups -OCH3 is 1.